The number of likely N-dealkylation sites (tertiary alicyclic amines) is 1. The molecule has 116 valence electrons. The minimum atomic E-state index is -0.356. The maximum Gasteiger partial charge on any atom is 0.237 e. The number of amides is 2. The van der Waals surface area contributed by atoms with Crippen molar-refractivity contribution in [3.63, 3.8) is 0 Å². The van der Waals surface area contributed by atoms with E-state index in [0.717, 1.165) is 35.1 Å². The molecule has 1 fully saturated rings. The topological polar surface area (TPSA) is 37.4 Å². The second-order valence-electron chi connectivity index (χ2n) is 6.31. The van der Waals surface area contributed by atoms with Gasteiger partial charge in [0.2, 0.25) is 11.8 Å². The van der Waals surface area contributed by atoms with Crippen LogP contribution < -0.4 is 0 Å². The number of carbonyl (C=O) groups is 2. The standard InChI is InChI=1S/C20H19NO2/c1-2-3-12-21-19(22)17-15-10-6-4-8-13(15)14-9-5-7-11-16(14)18(17)20(21)23/h4-11,17-18H,2-3,12H2,1H3/t17-,18-/m0/s1. The lowest BCUT2D eigenvalue weighted by Gasteiger charge is -2.27. The molecule has 0 N–H and O–H groups in total. The van der Waals surface area contributed by atoms with Gasteiger partial charge in [-0.3, -0.25) is 14.5 Å². The molecule has 2 atom stereocenters. The number of rotatable bonds is 3. The van der Waals surface area contributed by atoms with Gasteiger partial charge in [-0.2, -0.15) is 0 Å². The molecule has 0 aromatic heterocycles. The zero-order valence-electron chi connectivity index (χ0n) is 13.2. The second kappa shape index (κ2) is 5.34. The summed E-state index contributed by atoms with van der Waals surface area (Å²) < 4.78 is 0. The summed E-state index contributed by atoms with van der Waals surface area (Å²) in [5.41, 5.74) is 4.16. The molecule has 0 unspecified atom stereocenters. The minimum absolute atomic E-state index is 0.0320. The molecule has 2 aromatic rings. The van der Waals surface area contributed by atoms with Crippen LogP contribution in [-0.4, -0.2) is 23.3 Å². The SMILES string of the molecule is CCCCN1C(=O)[C@H]2c3ccccc3-c3ccccc3[C@@H]2C1=O. The summed E-state index contributed by atoms with van der Waals surface area (Å²) in [6.07, 6.45) is 1.83. The van der Waals surface area contributed by atoms with E-state index in [9.17, 15) is 9.59 Å². The Balaban J connectivity index is 1.89. The summed E-state index contributed by atoms with van der Waals surface area (Å²) in [5.74, 6) is -0.776. The molecule has 1 saturated heterocycles. The predicted octanol–water partition coefficient (Wildman–Crippen LogP) is 3.70. The zero-order valence-corrected chi connectivity index (χ0v) is 13.2. The van der Waals surface area contributed by atoms with Crippen LogP contribution in [0, 0.1) is 0 Å². The summed E-state index contributed by atoms with van der Waals surface area (Å²) >= 11 is 0. The van der Waals surface area contributed by atoms with Gasteiger partial charge in [0.15, 0.2) is 0 Å². The lowest BCUT2D eigenvalue weighted by molar-refractivity contribution is -0.139. The van der Waals surface area contributed by atoms with Crippen molar-refractivity contribution >= 4 is 11.8 Å². The van der Waals surface area contributed by atoms with E-state index in [1.54, 1.807) is 0 Å². The highest BCUT2D eigenvalue weighted by Gasteiger charge is 2.51. The monoisotopic (exact) mass is 305 g/mol. The molecule has 2 aliphatic rings. The first-order chi connectivity index (χ1) is 11.2. The molecule has 1 aliphatic heterocycles. The van der Waals surface area contributed by atoms with Crippen LogP contribution in [-0.2, 0) is 9.59 Å². The van der Waals surface area contributed by atoms with E-state index < -0.39 is 0 Å². The first-order valence-electron chi connectivity index (χ1n) is 8.27. The van der Waals surface area contributed by atoms with Gasteiger partial charge in [-0.05, 0) is 28.7 Å². The summed E-state index contributed by atoms with van der Waals surface area (Å²) in [6.45, 7) is 2.61. The van der Waals surface area contributed by atoms with E-state index in [0.29, 0.717) is 6.54 Å². The molecule has 1 heterocycles. The summed E-state index contributed by atoms with van der Waals surface area (Å²) in [5, 5.41) is 0. The Labute approximate surface area is 135 Å². The van der Waals surface area contributed by atoms with E-state index in [-0.39, 0.29) is 23.7 Å². The van der Waals surface area contributed by atoms with Crippen LogP contribution in [0.4, 0.5) is 0 Å². The van der Waals surface area contributed by atoms with Crippen LogP contribution in [0.1, 0.15) is 42.7 Å². The van der Waals surface area contributed by atoms with Crippen molar-refractivity contribution in [1.29, 1.82) is 0 Å². The average molecular weight is 305 g/mol. The maximum absolute atomic E-state index is 12.9. The summed E-state index contributed by atoms with van der Waals surface area (Å²) in [4.78, 5) is 27.4. The van der Waals surface area contributed by atoms with E-state index in [4.69, 9.17) is 0 Å². The molecule has 2 aromatic carbocycles. The fraction of sp³-hybridized carbons (Fsp3) is 0.300. The van der Waals surface area contributed by atoms with Gasteiger partial charge in [-0.25, -0.2) is 0 Å². The van der Waals surface area contributed by atoms with Gasteiger partial charge < -0.3 is 0 Å². The fourth-order valence-corrected chi connectivity index (χ4v) is 3.92. The van der Waals surface area contributed by atoms with Crippen molar-refractivity contribution in [3.05, 3.63) is 59.7 Å². The highest BCUT2D eigenvalue weighted by Crippen LogP contribution is 2.51. The van der Waals surface area contributed by atoms with Gasteiger partial charge in [-0.15, -0.1) is 0 Å². The van der Waals surface area contributed by atoms with Crippen molar-refractivity contribution in [3.8, 4) is 11.1 Å². The average Bonchev–Trinajstić information content (AvgIpc) is 2.85. The number of fused-ring (bicyclic) bond motifs is 6. The zero-order chi connectivity index (χ0) is 16.0. The molecular formula is C20H19NO2. The number of nitrogens with zero attached hydrogens (tertiary/aromatic N) is 1. The van der Waals surface area contributed by atoms with Gasteiger partial charge in [-0.1, -0.05) is 61.9 Å². The van der Waals surface area contributed by atoms with Gasteiger partial charge in [0.05, 0.1) is 11.8 Å². The molecule has 0 radical (unpaired) electrons. The van der Waals surface area contributed by atoms with Crippen molar-refractivity contribution < 1.29 is 9.59 Å². The minimum Gasteiger partial charge on any atom is -0.282 e. The van der Waals surface area contributed by atoms with Crippen molar-refractivity contribution in [1.82, 2.24) is 4.90 Å². The Hall–Kier alpha value is -2.42. The molecule has 1 aliphatic carbocycles. The Kier molecular flexibility index (Phi) is 3.29. The van der Waals surface area contributed by atoms with Crippen molar-refractivity contribution in [2.45, 2.75) is 31.6 Å². The lowest BCUT2D eigenvalue weighted by Crippen LogP contribution is -2.31. The van der Waals surface area contributed by atoms with Crippen LogP contribution >= 0.6 is 0 Å². The number of hydrogen-bond acceptors (Lipinski definition) is 2. The van der Waals surface area contributed by atoms with Crippen LogP contribution in [0.25, 0.3) is 11.1 Å². The maximum atomic E-state index is 12.9. The number of imide groups is 1. The first-order valence-corrected chi connectivity index (χ1v) is 8.27. The van der Waals surface area contributed by atoms with Crippen LogP contribution in [0.15, 0.2) is 48.5 Å². The number of unbranched alkanes of at least 4 members (excludes halogenated alkanes) is 1. The molecule has 0 bridgehead atoms. The Bertz CT molecular complexity index is 732. The molecule has 3 nitrogen and oxygen atoms in total. The van der Waals surface area contributed by atoms with Gasteiger partial charge in [0, 0.05) is 6.54 Å². The number of benzene rings is 2. The van der Waals surface area contributed by atoms with Gasteiger partial charge in [0.25, 0.3) is 0 Å². The van der Waals surface area contributed by atoms with Crippen molar-refractivity contribution in [2.24, 2.45) is 0 Å². The normalized spacial score (nSPS) is 21.9. The van der Waals surface area contributed by atoms with Crippen molar-refractivity contribution in [2.75, 3.05) is 6.54 Å². The van der Waals surface area contributed by atoms with Crippen LogP contribution in [0.5, 0.6) is 0 Å². The lowest BCUT2D eigenvalue weighted by atomic mass is 9.73. The van der Waals surface area contributed by atoms with E-state index >= 15 is 0 Å². The molecule has 2 amide bonds. The number of hydrogen-bond donors (Lipinski definition) is 0. The molecule has 0 saturated carbocycles. The van der Waals surface area contributed by atoms with E-state index in [1.165, 1.54) is 4.90 Å². The van der Waals surface area contributed by atoms with E-state index in [1.807, 2.05) is 36.4 Å². The third kappa shape index (κ3) is 1.96. The molecule has 3 heteroatoms. The number of carbonyl (C=O) groups excluding carboxylic acids is 2. The molecular weight excluding hydrogens is 286 g/mol. The predicted molar refractivity (Wildman–Crippen MR) is 89.0 cm³/mol. The van der Waals surface area contributed by atoms with Crippen LogP contribution in [0.2, 0.25) is 0 Å². The largest absolute Gasteiger partial charge is 0.282 e. The summed E-state index contributed by atoms with van der Waals surface area (Å²) in [7, 11) is 0. The fourth-order valence-electron chi connectivity index (χ4n) is 3.92. The third-order valence-corrected chi connectivity index (χ3v) is 5.01. The van der Waals surface area contributed by atoms with Gasteiger partial charge >= 0.3 is 0 Å². The Morgan fingerprint density at radius 2 is 1.30 bits per heavy atom. The third-order valence-electron chi connectivity index (χ3n) is 5.01. The molecule has 0 spiro atoms. The summed E-state index contributed by atoms with van der Waals surface area (Å²) in [6, 6.07) is 16.0. The van der Waals surface area contributed by atoms with Crippen LogP contribution in [0.3, 0.4) is 0 Å². The Morgan fingerprint density at radius 1 is 0.826 bits per heavy atom. The van der Waals surface area contributed by atoms with Gasteiger partial charge in [0.1, 0.15) is 0 Å². The molecule has 23 heavy (non-hydrogen) atoms. The second-order valence-corrected chi connectivity index (χ2v) is 6.31. The molecule has 4 rings (SSSR count). The first kappa shape index (κ1) is 14.2. The highest BCUT2D eigenvalue weighted by atomic mass is 16.2. The quantitative estimate of drug-likeness (QED) is 0.811. The highest BCUT2D eigenvalue weighted by molar-refractivity contribution is 6.12. The van der Waals surface area contributed by atoms with E-state index in [2.05, 4.69) is 19.1 Å². The Morgan fingerprint density at radius 3 is 1.78 bits per heavy atom. The smallest absolute Gasteiger partial charge is 0.237 e.